The molecule has 0 aliphatic heterocycles. The van der Waals surface area contributed by atoms with Crippen LogP contribution in [0.1, 0.15) is 92.5 Å². The normalized spacial score (nSPS) is 13.7. The summed E-state index contributed by atoms with van der Waals surface area (Å²) in [6.45, 7) is 18.2. The molecule has 1 amide bonds. The Balaban J connectivity index is 2.39. The molecule has 0 aliphatic rings. The number of thiophene rings is 1. The van der Waals surface area contributed by atoms with Gasteiger partial charge in [0.25, 0.3) is 5.91 Å². The number of methoxy groups -OCH3 is 1. The third-order valence-corrected chi connectivity index (χ3v) is 8.90. The minimum absolute atomic E-state index is 0.0961. The summed E-state index contributed by atoms with van der Waals surface area (Å²) in [7, 11) is 1.33. The third kappa shape index (κ3) is 6.82. The van der Waals surface area contributed by atoms with Crippen molar-refractivity contribution in [2.24, 2.45) is 16.5 Å². The van der Waals surface area contributed by atoms with Crippen molar-refractivity contribution in [3.63, 3.8) is 0 Å². The first-order valence-corrected chi connectivity index (χ1v) is 14.1. The Hall–Kier alpha value is -2.74. The molecule has 1 aromatic carbocycles. The number of hydrogen-bond donors (Lipinski definition) is 1. The first-order valence-electron chi connectivity index (χ1n) is 13.3. The lowest BCUT2D eigenvalue weighted by Gasteiger charge is -2.32. The van der Waals surface area contributed by atoms with Crippen LogP contribution in [0.4, 0.5) is 0 Å². The van der Waals surface area contributed by atoms with Crippen molar-refractivity contribution in [1.29, 1.82) is 0 Å². The van der Waals surface area contributed by atoms with Crippen LogP contribution in [0.25, 0.3) is 0 Å². The van der Waals surface area contributed by atoms with Crippen LogP contribution in [-0.4, -0.2) is 37.7 Å². The van der Waals surface area contributed by atoms with Crippen LogP contribution >= 0.6 is 11.3 Å². The van der Waals surface area contributed by atoms with Gasteiger partial charge in [0.15, 0.2) is 0 Å². The first kappa shape index (κ1) is 31.5. The molecule has 1 heterocycles. The van der Waals surface area contributed by atoms with Crippen LogP contribution in [0.2, 0.25) is 0 Å². The highest BCUT2D eigenvalue weighted by atomic mass is 32.1. The predicted molar refractivity (Wildman–Crippen MR) is 154 cm³/mol. The number of rotatable bonds is 12. The topological polar surface area (TPSA) is 94.1 Å². The lowest BCUT2D eigenvalue weighted by molar-refractivity contribution is -0.144. The number of hydrogen-bond acceptors (Lipinski definition) is 7. The minimum Gasteiger partial charge on any atom is -0.491 e. The van der Waals surface area contributed by atoms with Crippen LogP contribution in [-0.2, 0) is 14.9 Å². The van der Waals surface area contributed by atoms with Gasteiger partial charge in [0, 0.05) is 10.3 Å². The lowest BCUT2D eigenvalue weighted by Crippen LogP contribution is -2.44. The second-order valence-electron chi connectivity index (χ2n) is 11.4. The SMILES string of the molecule is CCC(CC)(c1ccc(OCC(N=O)C(C)(C)C)c(C)c1)c1cc(C)c(C(=O)N[C@@H](C(=O)OC)C(C)C)s1. The Bertz CT molecular complexity index is 1130. The molecule has 1 aromatic heterocycles. The fourth-order valence-corrected chi connectivity index (χ4v) is 6.07. The number of ether oxygens (including phenoxy) is 2. The average molecular weight is 545 g/mol. The highest BCUT2D eigenvalue weighted by molar-refractivity contribution is 7.14. The van der Waals surface area contributed by atoms with Crippen molar-refractivity contribution in [1.82, 2.24) is 5.32 Å². The van der Waals surface area contributed by atoms with E-state index in [1.54, 1.807) is 0 Å². The van der Waals surface area contributed by atoms with Crippen LogP contribution in [0, 0.1) is 30.1 Å². The molecule has 0 spiro atoms. The smallest absolute Gasteiger partial charge is 0.328 e. The Morgan fingerprint density at radius 1 is 1.05 bits per heavy atom. The molecule has 0 saturated carbocycles. The summed E-state index contributed by atoms with van der Waals surface area (Å²) >= 11 is 1.48. The number of carbonyl (C=O) groups is 2. The molecule has 210 valence electrons. The summed E-state index contributed by atoms with van der Waals surface area (Å²) in [5, 5.41) is 6.13. The van der Waals surface area contributed by atoms with E-state index in [0.29, 0.717) is 4.88 Å². The van der Waals surface area contributed by atoms with Crippen LogP contribution in [0.15, 0.2) is 29.4 Å². The molecule has 7 nitrogen and oxygen atoms in total. The van der Waals surface area contributed by atoms with E-state index in [2.05, 4.69) is 42.5 Å². The van der Waals surface area contributed by atoms with E-state index in [-0.39, 0.29) is 29.3 Å². The molecule has 8 heteroatoms. The lowest BCUT2D eigenvalue weighted by atomic mass is 9.74. The van der Waals surface area contributed by atoms with Gasteiger partial charge in [0.2, 0.25) is 0 Å². The summed E-state index contributed by atoms with van der Waals surface area (Å²) < 4.78 is 10.9. The van der Waals surface area contributed by atoms with Gasteiger partial charge in [-0.05, 0) is 66.8 Å². The molecule has 0 radical (unpaired) electrons. The fourth-order valence-electron chi connectivity index (χ4n) is 4.64. The Morgan fingerprint density at radius 2 is 1.68 bits per heavy atom. The first-order chi connectivity index (χ1) is 17.7. The summed E-state index contributed by atoms with van der Waals surface area (Å²) in [5.74, 6) is -0.0743. The van der Waals surface area contributed by atoms with Crippen molar-refractivity contribution in [3.8, 4) is 5.75 Å². The van der Waals surface area contributed by atoms with Gasteiger partial charge in [-0.15, -0.1) is 11.3 Å². The fraction of sp³-hybridized carbons (Fsp3) is 0.600. The molecule has 2 atom stereocenters. The van der Waals surface area contributed by atoms with Crippen molar-refractivity contribution in [2.75, 3.05) is 13.7 Å². The molecular weight excluding hydrogens is 500 g/mol. The van der Waals surface area contributed by atoms with Crippen molar-refractivity contribution in [2.45, 2.75) is 92.7 Å². The number of benzene rings is 1. The highest BCUT2D eigenvalue weighted by Gasteiger charge is 2.35. The van der Waals surface area contributed by atoms with Gasteiger partial charge >= 0.3 is 5.97 Å². The molecule has 1 unspecified atom stereocenters. The van der Waals surface area contributed by atoms with E-state index in [4.69, 9.17) is 9.47 Å². The van der Waals surface area contributed by atoms with Crippen LogP contribution in [0.5, 0.6) is 5.75 Å². The Labute approximate surface area is 231 Å². The molecule has 0 fully saturated rings. The van der Waals surface area contributed by atoms with E-state index in [0.717, 1.165) is 40.2 Å². The number of esters is 1. The van der Waals surface area contributed by atoms with Gasteiger partial charge in [-0.3, -0.25) is 4.79 Å². The molecule has 2 aromatic rings. The highest BCUT2D eigenvalue weighted by Crippen LogP contribution is 2.44. The van der Waals surface area contributed by atoms with Crippen molar-refractivity contribution >= 4 is 23.2 Å². The monoisotopic (exact) mass is 544 g/mol. The average Bonchev–Trinajstić information content (AvgIpc) is 3.25. The summed E-state index contributed by atoms with van der Waals surface area (Å²) in [4.78, 5) is 38.4. The second kappa shape index (κ2) is 12.9. The zero-order valence-corrected chi connectivity index (χ0v) is 25.4. The molecule has 0 bridgehead atoms. The van der Waals surface area contributed by atoms with E-state index < -0.39 is 18.1 Å². The number of nitrogens with zero attached hydrogens (tertiary/aromatic N) is 1. The maximum absolute atomic E-state index is 13.2. The maximum atomic E-state index is 13.2. The second-order valence-corrected chi connectivity index (χ2v) is 12.5. The number of aryl methyl sites for hydroxylation is 2. The Morgan fingerprint density at radius 3 is 2.16 bits per heavy atom. The van der Waals surface area contributed by atoms with E-state index in [1.807, 2.05) is 54.5 Å². The zero-order valence-electron chi connectivity index (χ0n) is 24.6. The van der Waals surface area contributed by atoms with E-state index in [1.165, 1.54) is 18.4 Å². The number of nitroso groups, excluding NO2 is 1. The summed E-state index contributed by atoms with van der Waals surface area (Å²) in [5.41, 5.74) is 2.46. The predicted octanol–water partition coefficient (Wildman–Crippen LogP) is 6.96. The van der Waals surface area contributed by atoms with Crippen LogP contribution in [0.3, 0.4) is 0 Å². The number of nitrogens with one attached hydrogen (secondary N) is 1. The standard InChI is InChI=1S/C30H44N2O5S/c1-11-30(12-2,21-13-14-22(19(5)15-21)37-17-23(32-35)29(7,8)9)24-16-20(6)26(38-24)27(33)31-25(18(3)4)28(34)36-10/h13-16,18,23,25H,11-12,17H2,1-10H3,(H,31,33)/t23?,25-/m1/s1. The molecule has 1 N–H and O–H groups in total. The van der Waals surface area contributed by atoms with Crippen molar-refractivity contribution < 1.29 is 19.1 Å². The van der Waals surface area contributed by atoms with Gasteiger partial charge in [0.1, 0.15) is 24.4 Å². The maximum Gasteiger partial charge on any atom is 0.328 e. The quantitative estimate of drug-likeness (QED) is 0.230. The zero-order chi connectivity index (χ0) is 28.8. The molecular formula is C30H44N2O5S. The third-order valence-electron chi connectivity index (χ3n) is 7.46. The number of amides is 1. The Kier molecular flexibility index (Phi) is 10.7. The summed E-state index contributed by atoms with van der Waals surface area (Å²) in [6.07, 6.45) is 1.70. The molecule has 0 saturated heterocycles. The largest absolute Gasteiger partial charge is 0.491 e. The van der Waals surface area contributed by atoms with Gasteiger partial charge in [-0.2, -0.15) is 4.91 Å². The number of carbonyl (C=O) groups excluding carboxylic acids is 2. The summed E-state index contributed by atoms with van der Waals surface area (Å²) in [6, 6.07) is 7.13. The van der Waals surface area contributed by atoms with Gasteiger partial charge in [-0.25, -0.2) is 4.79 Å². The van der Waals surface area contributed by atoms with Crippen LogP contribution < -0.4 is 10.1 Å². The van der Waals surface area contributed by atoms with Gasteiger partial charge < -0.3 is 14.8 Å². The molecule has 2 rings (SSSR count). The molecule has 38 heavy (non-hydrogen) atoms. The van der Waals surface area contributed by atoms with E-state index in [9.17, 15) is 14.5 Å². The van der Waals surface area contributed by atoms with E-state index >= 15 is 0 Å². The van der Waals surface area contributed by atoms with Crippen molar-refractivity contribution in [3.05, 3.63) is 55.6 Å². The van der Waals surface area contributed by atoms with Gasteiger partial charge in [-0.1, -0.05) is 65.8 Å². The minimum atomic E-state index is -0.706. The molecule has 0 aliphatic carbocycles. The van der Waals surface area contributed by atoms with Gasteiger partial charge in [0.05, 0.1) is 12.0 Å².